The van der Waals surface area contributed by atoms with Gasteiger partial charge in [-0.2, -0.15) is 0 Å². The Balaban J connectivity index is 0. The first-order valence-electron chi connectivity index (χ1n) is 12.0. The normalized spacial score (nSPS) is 10.6. The van der Waals surface area contributed by atoms with Crippen molar-refractivity contribution in [3.8, 4) is 0 Å². The molecule has 0 aliphatic rings. The molecule has 0 rings (SSSR count). The Bertz CT molecular complexity index is 397. The zero-order valence-electron chi connectivity index (χ0n) is 19.7. The molecule has 0 spiro atoms. The maximum absolute atomic E-state index is 11.6. The molecule has 0 unspecified atom stereocenters. The van der Waals surface area contributed by atoms with Crippen molar-refractivity contribution in [3.05, 3.63) is 12.2 Å². The highest BCUT2D eigenvalue weighted by molar-refractivity contribution is 5.75. The number of carboxylic acids is 1. The number of unbranched alkanes of at least 4 members (excludes halogenated alkanes) is 11. The van der Waals surface area contributed by atoms with Crippen LogP contribution in [0.2, 0.25) is 0 Å². The Morgan fingerprint density at radius 2 is 1.30 bits per heavy atom. The molecule has 0 saturated heterocycles. The van der Waals surface area contributed by atoms with E-state index in [0.717, 1.165) is 26.4 Å². The van der Waals surface area contributed by atoms with Crippen molar-refractivity contribution in [1.29, 1.82) is 0 Å². The highest BCUT2D eigenvalue weighted by Crippen LogP contribution is 2.09. The molecule has 0 saturated carbocycles. The van der Waals surface area contributed by atoms with Crippen LogP contribution in [-0.2, 0) is 9.59 Å². The molecule has 0 bridgehead atoms. The molecular formula is C24H48N3O3-. The Morgan fingerprint density at radius 3 is 1.83 bits per heavy atom. The quantitative estimate of drug-likeness (QED) is 0.204. The monoisotopic (exact) mass is 426 g/mol. The fourth-order valence-electron chi connectivity index (χ4n) is 2.96. The zero-order valence-corrected chi connectivity index (χ0v) is 19.7. The second-order valence-corrected chi connectivity index (χ2v) is 7.71. The second-order valence-electron chi connectivity index (χ2n) is 7.71. The van der Waals surface area contributed by atoms with Gasteiger partial charge in [-0.3, -0.25) is 4.79 Å². The summed E-state index contributed by atoms with van der Waals surface area (Å²) in [4.78, 5) is 20.5. The Morgan fingerprint density at radius 1 is 0.800 bits per heavy atom. The predicted octanol–water partition coefficient (Wildman–Crippen LogP) is 3.44. The summed E-state index contributed by atoms with van der Waals surface area (Å²) in [6.07, 6.45) is 22.1. The number of hydrogen-bond acceptors (Lipinski definition) is 5. The topological polar surface area (TPSA) is 107 Å². The number of carboxylic acid groups (broad SMARTS) is 1. The van der Waals surface area contributed by atoms with Gasteiger partial charge in [-0.1, -0.05) is 70.4 Å². The lowest BCUT2D eigenvalue weighted by Gasteiger charge is -2.06. The maximum Gasteiger partial charge on any atom is 0.220 e. The standard InChI is InChI=1S/C22H45N3O.C2H4O2/c1-2-3-4-5-6-7-8-9-10-11-12-13-14-15-16-17-22(26)25-21-20-24-19-18-23;1-2(3)4/h9-10,24H,2-8,11-21,23H2,1H3,(H,25,26);1H3,(H,3,4)/p-1. The van der Waals surface area contributed by atoms with Crippen LogP contribution in [-0.4, -0.2) is 38.1 Å². The molecule has 0 radical (unpaired) electrons. The Labute approximate surface area is 185 Å². The number of allylic oxidation sites excluding steroid dienone is 2. The molecule has 0 aromatic carbocycles. The molecule has 0 aromatic rings. The molecule has 4 N–H and O–H groups in total. The lowest BCUT2D eigenvalue weighted by molar-refractivity contribution is -0.302. The highest BCUT2D eigenvalue weighted by atomic mass is 16.4. The van der Waals surface area contributed by atoms with Crippen LogP contribution in [0, 0.1) is 0 Å². The van der Waals surface area contributed by atoms with E-state index in [0.29, 0.717) is 19.5 Å². The fourth-order valence-corrected chi connectivity index (χ4v) is 2.96. The van der Waals surface area contributed by atoms with E-state index in [1.807, 2.05) is 0 Å². The summed E-state index contributed by atoms with van der Waals surface area (Å²) in [5.74, 6) is -0.905. The summed E-state index contributed by atoms with van der Waals surface area (Å²) in [7, 11) is 0. The van der Waals surface area contributed by atoms with Crippen LogP contribution in [0.5, 0.6) is 0 Å². The molecule has 30 heavy (non-hydrogen) atoms. The van der Waals surface area contributed by atoms with Crippen molar-refractivity contribution in [3.63, 3.8) is 0 Å². The van der Waals surface area contributed by atoms with Crippen molar-refractivity contribution in [2.45, 2.75) is 104 Å². The van der Waals surface area contributed by atoms with Crippen molar-refractivity contribution >= 4 is 11.9 Å². The predicted molar refractivity (Wildman–Crippen MR) is 125 cm³/mol. The van der Waals surface area contributed by atoms with E-state index in [-0.39, 0.29) is 5.91 Å². The van der Waals surface area contributed by atoms with E-state index in [9.17, 15) is 4.79 Å². The summed E-state index contributed by atoms with van der Waals surface area (Å²) in [5, 5.41) is 15.0. The minimum Gasteiger partial charge on any atom is -0.550 e. The minimum atomic E-state index is -1.08. The summed E-state index contributed by atoms with van der Waals surface area (Å²) in [5.41, 5.74) is 5.39. The SMILES string of the molecule is CC(=O)[O-].CCCCCCCCC=CCCCCCCCC(=O)NCCNCCN. The van der Waals surface area contributed by atoms with Crippen molar-refractivity contribution < 1.29 is 14.7 Å². The van der Waals surface area contributed by atoms with Crippen LogP contribution >= 0.6 is 0 Å². The summed E-state index contributed by atoms with van der Waals surface area (Å²) in [6, 6.07) is 0. The van der Waals surface area contributed by atoms with E-state index >= 15 is 0 Å². The zero-order chi connectivity index (χ0) is 22.7. The summed E-state index contributed by atoms with van der Waals surface area (Å²) >= 11 is 0. The molecule has 0 atom stereocenters. The lowest BCUT2D eigenvalue weighted by Crippen LogP contribution is -2.33. The summed E-state index contributed by atoms with van der Waals surface area (Å²) in [6.45, 7) is 6.19. The molecule has 0 aromatic heterocycles. The van der Waals surface area contributed by atoms with Crippen LogP contribution < -0.4 is 21.5 Å². The summed E-state index contributed by atoms with van der Waals surface area (Å²) < 4.78 is 0. The minimum absolute atomic E-state index is 0.178. The molecule has 0 fully saturated rings. The number of carbonyl (C=O) groups is 2. The molecule has 178 valence electrons. The number of rotatable bonds is 20. The molecular weight excluding hydrogens is 378 g/mol. The Kier molecular flexibility index (Phi) is 28.3. The maximum atomic E-state index is 11.6. The number of aliphatic carboxylic acids is 1. The van der Waals surface area contributed by atoms with Gasteiger partial charge in [0.05, 0.1) is 0 Å². The molecule has 0 heterocycles. The van der Waals surface area contributed by atoms with Crippen molar-refractivity contribution in [1.82, 2.24) is 10.6 Å². The van der Waals surface area contributed by atoms with Gasteiger partial charge < -0.3 is 26.3 Å². The first-order valence-corrected chi connectivity index (χ1v) is 12.0. The van der Waals surface area contributed by atoms with Crippen molar-refractivity contribution in [2.75, 3.05) is 26.2 Å². The van der Waals surface area contributed by atoms with Gasteiger partial charge in [0.1, 0.15) is 0 Å². The average molecular weight is 427 g/mol. The highest BCUT2D eigenvalue weighted by Gasteiger charge is 1.99. The van der Waals surface area contributed by atoms with Gasteiger partial charge >= 0.3 is 0 Å². The number of carbonyl (C=O) groups excluding carboxylic acids is 2. The third kappa shape index (κ3) is 34.1. The smallest absolute Gasteiger partial charge is 0.220 e. The van der Waals surface area contributed by atoms with E-state index in [1.54, 1.807) is 0 Å². The molecule has 0 aliphatic carbocycles. The number of hydrogen-bond donors (Lipinski definition) is 3. The Hall–Kier alpha value is -1.40. The van der Waals surface area contributed by atoms with Gasteiger partial charge in [-0.15, -0.1) is 0 Å². The van der Waals surface area contributed by atoms with Crippen LogP contribution in [0.15, 0.2) is 12.2 Å². The van der Waals surface area contributed by atoms with E-state index in [1.165, 1.54) is 77.0 Å². The van der Waals surface area contributed by atoms with E-state index < -0.39 is 5.97 Å². The first-order chi connectivity index (χ1) is 14.5. The third-order valence-corrected chi connectivity index (χ3v) is 4.61. The fraction of sp³-hybridized carbons (Fsp3) is 0.833. The molecule has 1 amide bonds. The van der Waals surface area contributed by atoms with Crippen molar-refractivity contribution in [2.24, 2.45) is 5.73 Å². The van der Waals surface area contributed by atoms with Gasteiger partial charge in [0.25, 0.3) is 0 Å². The first kappa shape index (κ1) is 30.8. The number of amides is 1. The third-order valence-electron chi connectivity index (χ3n) is 4.61. The molecule has 6 nitrogen and oxygen atoms in total. The largest absolute Gasteiger partial charge is 0.550 e. The van der Waals surface area contributed by atoms with Crippen LogP contribution in [0.25, 0.3) is 0 Å². The number of nitrogens with one attached hydrogen (secondary N) is 2. The second kappa shape index (κ2) is 27.6. The van der Waals surface area contributed by atoms with Crippen LogP contribution in [0.3, 0.4) is 0 Å². The van der Waals surface area contributed by atoms with E-state index in [4.69, 9.17) is 15.6 Å². The molecule has 6 heteroatoms. The van der Waals surface area contributed by atoms with Crippen LogP contribution in [0.4, 0.5) is 0 Å². The van der Waals surface area contributed by atoms with Gasteiger partial charge in [-0.25, -0.2) is 0 Å². The lowest BCUT2D eigenvalue weighted by atomic mass is 10.1. The average Bonchev–Trinajstić information content (AvgIpc) is 2.70. The number of nitrogens with two attached hydrogens (primary N) is 1. The van der Waals surface area contributed by atoms with Gasteiger partial charge in [-0.05, 0) is 39.0 Å². The van der Waals surface area contributed by atoms with Gasteiger partial charge in [0.15, 0.2) is 0 Å². The van der Waals surface area contributed by atoms with E-state index in [2.05, 4.69) is 29.7 Å². The van der Waals surface area contributed by atoms with Crippen LogP contribution in [0.1, 0.15) is 104 Å². The van der Waals surface area contributed by atoms with Gasteiger partial charge in [0, 0.05) is 38.6 Å². The van der Waals surface area contributed by atoms with Gasteiger partial charge in [0.2, 0.25) is 5.91 Å². The molecule has 0 aliphatic heterocycles.